The molecule has 1 amide bonds. The third-order valence-electron chi connectivity index (χ3n) is 8.32. The first-order valence-corrected chi connectivity index (χ1v) is 14.3. The van der Waals surface area contributed by atoms with Crippen LogP contribution in [-0.4, -0.2) is 62.5 Å². The van der Waals surface area contributed by atoms with Gasteiger partial charge in [-0.1, -0.05) is 23.2 Å². The van der Waals surface area contributed by atoms with Crippen LogP contribution in [0.25, 0.3) is 0 Å². The number of aliphatic hydroxyl groups excluding tert-OH is 1. The fraction of sp³-hybridized carbons (Fsp3) is 0.630. The number of aliphatic hydroxyl groups is 1. The van der Waals surface area contributed by atoms with Crippen molar-refractivity contribution in [3.63, 3.8) is 0 Å². The highest BCUT2D eigenvalue weighted by molar-refractivity contribution is 6.35. The number of rotatable bonds is 9. The number of hydrogen-bond donors (Lipinski definition) is 1. The van der Waals surface area contributed by atoms with E-state index in [1.807, 2.05) is 0 Å². The first-order valence-electron chi connectivity index (χ1n) is 13.6. The maximum Gasteiger partial charge on any atom is 0.433 e. The number of halogens is 8. The smallest absolute Gasteiger partial charge is 0.433 e. The Kier molecular flexibility index (Phi) is 9.35. The number of carbonyl (C=O) groups is 2. The zero-order valence-electron chi connectivity index (χ0n) is 23.2. The molecule has 2 aliphatic rings. The van der Waals surface area contributed by atoms with Crippen LogP contribution in [0.1, 0.15) is 86.1 Å². The Hall–Kier alpha value is -2.58. The number of hydrogen-bond acceptors (Lipinski definition) is 6. The van der Waals surface area contributed by atoms with Crippen LogP contribution in [0.4, 0.5) is 26.3 Å². The third-order valence-corrected chi connectivity index (χ3v) is 8.92. The molecule has 0 aromatic carbocycles. The number of ether oxygens (including phenoxy) is 1. The predicted molar refractivity (Wildman–Crippen MR) is 142 cm³/mol. The van der Waals surface area contributed by atoms with Crippen LogP contribution >= 0.6 is 23.2 Å². The highest BCUT2D eigenvalue weighted by Crippen LogP contribution is 2.58. The van der Waals surface area contributed by atoms with Gasteiger partial charge in [-0.15, -0.1) is 0 Å². The van der Waals surface area contributed by atoms with Crippen LogP contribution in [0, 0.1) is 10.8 Å². The molecule has 0 radical (unpaired) electrons. The second-order valence-electron chi connectivity index (χ2n) is 11.4. The van der Waals surface area contributed by atoms with Crippen molar-refractivity contribution in [1.29, 1.82) is 0 Å². The van der Waals surface area contributed by atoms with Gasteiger partial charge >= 0.3 is 18.3 Å². The SMILES string of the molecule is CCOC(=O)C1(C)CCC(n2ncc(C(=O)N(CC(O)c3c(Cl)cncc3Cl)CC3(C(F)(F)F)CC3)c2C(F)(F)F)CC1. The molecule has 2 aromatic rings. The minimum absolute atomic E-state index is 0.117. The van der Waals surface area contributed by atoms with Gasteiger partial charge in [-0.05, 0) is 52.4 Å². The standard InChI is InChI=1S/C27H30Cl2F6N4O4/c1-3-43-23(42)24(2)6-4-15(5-7-24)39-21(26(30,31)32)16(10-37-39)22(41)38(14-25(8-9-25)27(33,34)35)13-19(40)20-17(28)11-36-12-18(20)29/h10-12,15,19,40H,3-9,13-14H2,1-2H3. The van der Waals surface area contributed by atoms with Gasteiger partial charge in [-0.25, -0.2) is 0 Å². The fourth-order valence-corrected chi connectivity index (χ4v) is 6.17. The van der Waals surface area contributed by atoms with Crippen LogP contribution < -0.4 is 0 Å². The summed E-state index contributed by atoms with van der Waals surface area (Å²) in [6.07, 6.45) is -8.67. The molecule has 0 spiro atoms. The highest BCUT2D eigenvalue weighted by Gasteiger charge is 2.64. The summed E-state index contributed by atoms with van der Waals surface area (Å²) in [5.41, 5.74) is -5.73. The monoisotopic (exact) mass is 658 g/mol. The lowest BCUT2D eigenvalue weighted by Crippen LogP contribution is -2.44. The summed E-state index contributed by atoms with van der Waals surface area (Å²) in [5, 5.41) is 14.5. The number of pyridine rings is 1. The molecule has 2 aromatic heterocycles. The summed E-state index contributed by atoms with van der Waals surface area (Å²) in [5.74, 6) is -1.84. The lowest BCUT2D eigenvalue weighted by Gasteiger charge is -2.36. The summed E-state index contributed by atoms with van der Waals surface area (Å²) < 4.78 is 91.0. The summed E-state index contributed by atoms with van der Waals surface area (Å²) in [6.45, 7) is 1.65. The number of alkyl halides is 6. The second-order valence-corrected chi connectivity index (χ2v) is 12.2. The van der Waals surface area contributed by atoms with Gasteiger partial charge in [0.1, 0.15) is 0 Å². The molecule has 8 nitrogen and oxygen atoms in total. The molecule has 2 heterocycles. The van der Waals surface area contributed by atoms with E-state index in [1.54, 1.807) is 13.8 Å². The summed E-state index contributed by atoms with van der Waals surface area (Å²) in [6, 6.07) is -0.834. The second kappa shape index (κ2) is 12.1. The average molecular weight is 659 g/mol. The minimum atomic E-state index is -5.10. The zero-order chi connectivity index (χ0) is 32.0. The van der Waals surface area contributed by atoms with Crippen molar-refractivity contribution in [3.8, 4) is 0 Å². The normalized spacial score (nSPS) is 22.6. The largest absolute Gasteiger partial charge is 0.466 e. The molecular weight excluding hydrogens is 629 g/mol. The maximum atomic E-state index is 14.5. The lowest BCUT2D eigenvalue weighted by molar-refractivity contribution is -0.190. The van der Waals surface area contributed by atoms with Crippen molar-refractivity contribution in [1.82, 2.24) is 19.7 Å². The van der Waals surface area contributed by atoms with Crippen molar-refractivity contribution < 1.29 is 45.8 Å². The van der Waals surface area contributed by atoms with E-state index < -0.39 is 71.6 Å². The van der Waals surface area contributed by atoms with Gasteiger partial charge in [0.15, 0.2) is 5.69 Å². The van der Waals surface area contributed by atoms with E-state index in [1.165, 1.54) is 0 Å². The molecule has 1 N–H and O–H groups in total. The third kappa shape index (κ3) is 6.75. The van der Waals surface area contributed by atoms with Gasteiger partial charge in [-0.3, -0.25) is 19.3 Å². The number of carbonyl (C=O) groups excluding carboxylic acids is 2. The van der Waals surface area contributed by atoms with Crippen LogP contribution in [0.5, 0.6) is 0 Å². The lowest BCUT2D eigenvalue weighted by atomic mass is 9.74. The Morgan fingerprint density at radius 2 is 1.67 bits per heavy atom. The Morgan fingerprint density at radius 3 is 2.16 bits per heavy atom. The Morgan fingerprint density at radius 1 is 1.09 bits per heavy atom. The molecular formula is C27H30Cl2F6N4O4. The van der Waals surface area contributed by atoms with Crippen molar-refractivity contribution in [2.45, 2.75) is 76.9 Å². The molecule has 1 atom stereocenters. The van der Waals surface area contributed by atoms with Gasteiger partial charge in [-0.2, -0.15) is 31.4 Å². The summed E-state index contributed by atoms with van der Waals surface area (Å²) in [4.78, 5) is 30.4. The highest BCUT2D eigenvalue weighted by atomic mass is 35.5. The van der Waals surface area contributed by atoms with Crippen LogP contribution in [0.15, 0.2) is 18.6 Å². The Labute approximate surface area is 253 Å². The van der Waals surface area contributed by atoms with Crippen molar-refractivity contribution in [2.75, 3.05) is 19.7 Å². The van der Waals surface area contributed by atoms with E-state index in [4.69, 9.17) is 27.9 Å². The molecule has 43 heavy (non-hydrogen) atoms. The molecule has 16 heteroatoms. The van der Waals surface area contributed by atoms with E-state index >= 15 is 0 Å². The molecule has 4 rings (SSSR count). The Balaban J connectivity index is 1.68. The molecule has 0 bridgehead atoms. The number of esters is 1. The van der Waals surface area contributed by atoms with Gasteiger partial charge in [0, 0.05) is 24.5 Å². The minimum Gasteiger partial charge on any atom is -0.466 e. The van der Waals surface area contributed by atoms with E-state index in [-0.39, 0.29) is 60.7 Å². The molecule has 238 valence electrons. The number of nitrogens with zero attached hydrogens (tertiary/aromatic N) is 4. The average Bonchev–Trinajstić information content (AvgIpc) is 3.56. The van der Waals surface area contributed by atoms with E-state index in [2.05, 4.69) is 10.1 Å². The first kappa shape index (κ1) is 33.3. The summed E-state index contributed by atoms with van der Waals surface area (Å²) in [7, 11) is 0. The molecule has 0 aliphatic heterocycles. The van der Waals surface area contributed by atoms with Crippen LogP contribution in [0.3, 0.4) is 0 Å². The maximum absolute atomic E-state index is 14.5. The first-order chi connectivity index (χ1) is 19.9. The molecule has 2 aliphatic carbocycles. The van der Waals surface area contributed by atoms with Gasteiger partial charge in [0.05, 0.1) is 57.9 Å². The number of aromatic nitrogens is 3. The quantitative estimate of drug-likeness (QED) is 0.235. The van der Waals surface area contributed by atoms with Gasteiger partial charge < -0.3 is 14.7 Å². The predicted octanol–water partition coefficient (Wildman–Crippen LogP) is 6.81. The summed E-state index contributed by atoms with van der Waals surface area (Å²) >= 11 is 12.1. The van der Waals surface area contributed by atoms with Crippen molar-refractivity contribution in [3.05, 3.63) is 45.5 Å². The number of amides is 1. The van der Waals surface area contributed by atoms with Gasteiger partial charge in [0.25, 0.3) is 5.91 Å². The van der Waals surface area contributed by atoms with Crippen LogP contribution in [-0.2, 0) is 15.7 Å². The van der Waals surface area contributed by atoms with Crippen molar-refractivity contribution in [2.24, 2.45) is 10.8 Å². The topological polar surface area (TPSA) is 97.6 Å². The molecule has 2 fully saturated rings. The Bertz CT molecular complexity index is 1330. The fourth-order valence-electron chi connectivity index (χ4n) is 5.55. The molecule has 1 unspecified atom stereocenters. The van der Waals surface area contributed by atoms with Crippen molar-refractivity contribution >= 4 is 35.1 Å². The zero-order valence-corrected chi connectivity index (χ0v) is 24.7. The van der Waals surface area contributed by atoms with Gasteiger partial charge in [0.2, 0.25) is 0 Å². The van der Waals surface area contributed by atoms with E-state index in [0.717, 1.165) is 12.4 Å². The van der Waals surface area contributed by atoms with Crippen LogP contribution in [0.2, 0.25) is 10.0 Å². The van der Waals surface area contributed by atoms with E-state index in [0.29, 0.717) is 15.8 Å². The molecule has 0 saturated heterocycles. The van der Waals surface area contributed by atoms with E-state index in [9.17, 15) is 41.0 Å². The molecule has 2 saturated carbocycles.